The molecule has 17 heavy (non-hydrogen) atoms. The molecule has 0 fully saturated rings. The normalized spacial score (nSPS) is 10.2. The lowest BCUT2D eigenvalue weighted by atomic mass is 10.2. The fourth-order valence-electron chi connectivity index (χ4n) is 1.24. The number of nitrogens with zero attached hydrogens (tertiary/aromatic N) is 2. The van der Waals surface area contributed by atoms with Gasteiger partial charge >= 0.3 is 0 Å². The highest BCUT2D eigenvalue weighted by Gasteiger charge is 2.17. The van der Waals surface area contributed by atoms with Gasteiger partial charge in [0.05, 0.1) is 15.6 Å². The SMILES string of the molecule is N#Cc1nc(-c2cc(Cl)cc(Cl)c2Cl)oc1N. The van der Waals surface area contributed by atoms with Gasteiger partial charge in [0, 0.05) is 5.02 Å². The molecule has 0 bridgehead atoms. The number of halogens is 3. The summed E-state index contributed by atoms with van der Waals surface area (Å²) in [7, 11) is 0. The van der Waals surface area contributed by atoms with E-state index in [9.17, 15) is 0 Å². The number of nitrogens with two attached hydrogens (primary N) is 1. The maximum atomic E-state index is 8.72. The van der Waals surface area contributed by atoms with Crippen LogP contribution in [0.3, 0.4) is 0 Å². The van der Waals surface area contributed by atoms with Crippen molar-refractivity contribution in [3.8, 4) is 17.5 Å². The van der Waals surface area contributed by atoms with Gasteiger partial charge in [0.2, 0.25) is 17.5 Å². The summed E-state index contributed by atoms with van der Waals surface area (Å²) in [6.07, 6.45) is 0. The second-order valence-electron chi connectivity index (χ2n) is 3.09. The highest BCUT2D eigenvalue weighted by Crippen LogP contribution is 2.36. The van der Waals surface area contributed by atoms with E-state index in [0.29, 0.717) is 10.6 Å². The summed E-state index contributed by atoms with van der Waals surface area (Å²) < 4.78 is 5.12. The van der Waals surface area contributed by atoms with E-state index in [1.165, 1.54) is 12.1 Å². The van der Waals surface area contributed by atoms with Crippen LogP contribution in [0.25, 0.3) is 11.5 Å². The summed E-state index contributed by atoms with van der Waals surface area (Å²) >= 11 is 17.7. The standard InChI is InChI=1S/C10H4Cl3N3O/c11-4-1-5(8(13)6(12)2-4)10-16-7(3-14)9(15)17-10/h1-2H,15H2. The monoisotopic (exact) mass is 287 g/mol. The predicted molar refractivity (Wildman–Crippen MR) is 66.1 cm³/mol. The Balaban J connectivity index is 2.64. The Labute approximate surface area is 112 Å². The van der Waals surface area contributed by atoms with Crippen molar-refractivity contribution in [2.75, 3.05) is 5.73 Å². The predicted octanol–water partition coefficient (Wildman–Crippen LogP) is 3.76. The first-order chi connectivity index (χ1) is 8.02. The molecular weight excluding hydrogens is 284 g/mol. The van der Waals surface area contributed by atoms with E-state index in [4.69, 9.17) is 50.2 Å². The van der Waals surface area contributed by atoms with E-state index in [0.717, 1.165) is 0 Å². The zero-order chi connectivity index (χ0) is 12.6. The number of nitriles is 1. The molecule has 1 aromatic carbocycles. The number of hydrogen-bond donors (Lipinski definition) is 1. The Morgan fingerprint density at radius 3 is 2.59 bits per heavy atom. The number of anilines is 1. The smallest absolute Gasteiger partial charge is 0.231 e. The molecule has 2 aromatic rings. The highest BCUT2D eigenvalue weighted by molar-refractivity contribution is 6.44. The van der Waals surface area contributed by atoms with Crippen LogP contribution >= 0.6 is 34.8 Å². The number of nitrogen functional groups attached to an aromatic ring is 1. The molecule has 0 amide bonds. The van der Waals surface area contributed by atoms with Crippen LogP contribution in [0.2, 0.25) is 15.1 Å². The van der Waals surface area contributed by atoms with Gasteiger partial charge in [0.25, 0.3) is 0 Å². The minimum Gasteiger partial charge on any atom is -0.419 e. The molecule has 0 aliphatic carbocycles. The lowest BCUT2D eigenvalue weighted by Crippen LogP contribution is -1.84. The lowest BCUT2D eigenvalue weighted by molar-refractivity contribution is 0.594. The first-order valence-electron chi connectivity index (χ1n) is 4.34. The summed E-state index contributed by atoms with van der Waals surface area (Å²) in [5.41, 5.74) is 5.83. The van der Waals surface area contributed by atoms with Gasteiger partial charge in [-0.25, -0.2) is 0 Å². The first kappa shape index (κ1) is 12.1. The summed E-state index contributed by atoms with van der Waals surface area (Å²) in [5, 5.41) is 9.60. The van der Waals surface area contributed by atoms with E-state index < -0.39 is 0 Å². The van der Waals surface area contributed by atoms with Crippen molar-refractivity contribution >= 4 is 40.7 Å². The molecule has 0 spiro atoms. The Kier molecular flexibility index (Phi) is 3.16. The van der Waals surface area contributed by atoms with E-state index in [1.54, 1.807) is 6.07 Å². The van der Waals surface area contributed by atoms with Crippen molar-refractivity contribution in [3.63, 3.8) is 0 Å². The third kappa shape index (κ3) is 2.18. The molecule has 0 saturated carbocycles. The van der Waals surface area contributed by atoms with Crippen LogP contribution in [-0.4, -0.2) is 4.98 Å². The zero-order valence-corrected chi connectivity index (χ0v) is 10.4. The molecule has 0 atom stereocenters. The topological polar surface area (TPSA) is 75.8 Å². The highest BCUT2D eigenvalue weighted by atomic mass is 35.5. The molecule has 1 aromatic heterocycles. The summed E-state index contributed by atoms with van der Waals surface area (Å²) in [6, 6.07) is 4.82. The average molecular weight is 289 g/mol. The quantitative estimate of drug-likeness (QED) is 0.811. The van der Waals surface area contributed by atoms with Gasteiger partial charge in [-0.1, -0.05) is 34.8 Å². The van der Waals surface area contributed by atoms with Crippen LogP contribution in [0.15, 0.2) is 16.5 Å². The van der Waals surface area contributed by atoms with Crippen molar-refractivity contribution in [1.82, 2.24) is 4.98 Å². The maximum Gasteiger partial charge on any atom is 0.231 e. The molecule has 2 rings (SSSR count). The first-order valence-corrected chi connectivity index (χ1v) is 5.47. The van der Waals surface area contributed by atoms with Crippen molar-refractivity contribution in [3.05, 3.63) is 32.9 Å². The summed E-state index contributed by atoms with van der Waals surface area (Å²) in [5.74, 6) is 0.0307. The summed E-state index contributed by atoms with van der Waals surface area (Å²) in [4.78, 5) is 3.89. The maximum absolute atomic E-state index is 8.72. The van der Waals surface area contributed by atoms with Gasteiger partial charge in [0.15, 0.2) is 0 Å². The van der Waals surface area contributed by atoms with Crippen LogP contribution in [0, 0.1) is 11.3 Å². The van der Waals surface area contributed by atoms with Gasteiger partial charge < -0.3 is 10.2 Å². The number of hydrogen-bond acceptors (Lipinski definition) is 4. The fourth-order valence-corrected chi connectivity index (χ4v) is 1.92. The molecule has 0 aliphatic heterocycles. The lowest BCUT2D eigenvalue weighted by Gasteiger charge is -2.02. The van der Waals surface area contributed by atoms with Crippen molar-refractivity contribution in [2.24, 2.45) is 0 Å². The molecular formula is C10H4Cl3N3O. The van der Waals surface area contributed by atoms with E-state index in [2.05, 4.69) is 4.98 Å². The second-order valence-corrected chi connectivity index (χ2v) is 4.31. The molecule has 86 valence electrons. The largest absolute Gasteiger partial charge is 0.419 e. The minimum absolute atomic E-state index is 0.00725. The van der Waals surface area contributed by atoms with E-state index in [1.807, 2.05) is 0 Å². The number of rotatable bonds is 1. The Bertz CT molecular complexity index is 630. The molecule has 0 saturated heterocycles. The Morgan fingerprint density at radius 2 is 2.00 bits per heavy atom. The van der Waals surface area contributed by atoms with Crippen LogP contribution < -0.4 is 5.73 Å². The van der Waals surface area contributed by atoms with Crippen LogP contribution in [-0.2, 0) is 0 Å². The minimum atomic E-state index is -0.0744. The van der Waals surface area contributed by atoms with Crippen molar-refractivity contribution in [1.29, 1.82) is 5.26 Å². The number of aromatic nitrogens is 1. The third-order valence-electron chi connectivity index (χ3n) is 1.98. The molecule has 4 nitrogen and oxygen atoms in total. The molecule has 2 N–H and O–H groups in total. The summed E-state index contributed by atoms with van der Waals surface area (Å²) in [6.45, 7) is 0. The third-order valence-corrected chi connectivity index (χ3v) is 3.00. The van der Waals surface area contributed by atoms with E-state index >= 15 is 0 Å². The average Bonchev–Trinajstić information content (AvgIpc) is 2.64. The van der Waals surface area contributed by atoms with Crippen LogP contribution in [0.5, 0.6) is 0 Å². The van der Waals surface area contributed by atoms with Gasteiger partial charge in [-0.3, -0.25) is 0 Å². The van der Waals surface area contributed by atoms with Gasteiger partial charge in [-0.05, 0) is 12.1 Å². The fraction of sp³-hybridized carbons (Fsp3) is 0. The van der Waals surface area contributed by atoms with E-state index in [-0.39, 0.29) is 27.5 Å². The van der Waals surface area contributed by atoms with Gasteiger partial charge in [-0.15, -0.1) is 0 Å². The van der Waals surface area contributed by atoms with Gasteiger partial charge in [0.1, 0.15) is 6.07 Å². The Hall–Kier alpha value is -1.41. The molecule has 7 heteroatoms. The van der Waals surface area contributed by atoms with Crippen LogP contribution in [0.1, 0.15) is 5.69 Å². The van der Waals surface area contributed by atoms with Crippen molar-refractivity contribution < 1.29 is 4.42 Å². The molecule has 0 radical (unpaired) electrons. The zero-order valence-electron chi connectivity index (χ0n) is 8.17. The van der Waals surface area contributed by atoms with Crippen molar-refractivity contribution in [2.45, 2.75) is 0 Å². The van der Waals surface area contributed by atoms with Gasteiger partial charge in [-0.2, -0.15) is 10.2 Å². The molecule has 1 heterocycles. The van der Waals surface area contributed by atoms with Crippen LogP contribution in [0.4, 0.5) is 5.88 Å². The second kappa shape index (κ2) is 4.46. The number of benzene rings is 1. The Morgan fingerprint density at radius 1 is 1.29 bits per heavy atom. The number of oxazole rings is 1. The molecule has 0 aliphatic rings. The molecule has 0 unspecified atom stereocenters.